The summed E-state index contributed by atoms with van der Waals surface area (Å²) in [5.74, 6) is -0.754. The Bertz CT molecular complexity index is 1370. The number of rotatable bonds is 9. The predicted octanol–water partition coefficient (Wildman–Crippen LogP) is 6.91. The number of hydrogen-bond acceptors (Lipinski definition) is 3. The zero-order chi connectivity index (χ0) is 25.8. The van der Waals surface area contributed by atoms with E-state index in [1.165, 1.54) is 36.4 Å². The molecule has 0 aliphatic carbocycles. The minimum absolute atomic E-state index is 0.118. The van der Waals surface area contributed by atoms with E-state index in [2.05, 4.69) is 0 Å². The molecule has 0 aromatic heterocycles. The van der Waals surface area contributed by atoms with Crippen molar-refractivity contribution < 1.29 is 23.1 Å². The fourth-order valence-electron chi connectivity index (χ4n) is 4.67. The van der Waals surface area contributed by atoms with Gasteiger partial charge in [0.1, 0.15) is 24.0 Å². The summed E-state index contributed by atoms with van der Waals surface area (Å²) in [6.45, 7) is 0.442. The molecule has 5 rings (SSSR count). The van der Waals surface area contributed by atoms with Crippen LogP contribution in [-0.4, -0.2) is 11.7 Å². The molecular weight excluding hydrogens is 472 g/mol. The molecular formula is C31H25F2NO3. The van der Waals surface area contributed by atoms with E-state index in [4.69, 9.17) is 4.74 Å². The third-order valence-corrected chi connectivity index (χ3v) is 6.64. The Morgan fingerprint density at radius 2 is 1.41 bits per heavy atom. The van der Waals surface area contributed by atoms with Gasteiger partial charge in [0.05, 0.1) is 12.0 Å². The van der Waals surface area contributed by atoms with E-state index in [9.17, 15) is 18.4 Å². The predicted molar refractivity (Wildman–Crippen MR) is 137 cm³/mol. The summed E-state index contributed by atoms with van der Waals surface area (Å²) in [7, 11) is 0. The highest BCUT2D eigenvalue weighted by molar-refractivity contribution is 6.04. The number of ether oxygens (including phenoxy) is 1. The molecule has 0 N–H and O–H groups in total. The second-order valence-corrected chi connectivity index (χ2v) is 9.05. The second kappa shape index (κ2) is 10.7. The minimum Gasteiger partial charge on any atom is -0.489 e. The Balaban J connectivity index is 1.33. The van der Waals surface area contributed by atoms with Crippen LogP contribution in [-0.2, 0) is 11.4 Å². The maximum absolute atomic E-state index is 13.5. The number of carbonyl (C=O) groups excluding carboxylic acids is 2. The van der Waals surface area contributed by atoms with Crippen LogP contribution < -0.4 is 9.64 Å². The standard InChI is InChI=1S/C31H25F2NO3/c32-24-10-6-22(7-11-24)29(35)19-18-28-30(34(31(28)36)26-14-12-25(33)13-15-26)23-8-16-27(17-9-23)37-20-21-4-2-1-3-5-21/h1-17,28,30H,18-20H2. The van der Waals surface area contributed by atoms with Gasteiger partial charge in [-0.3, -0.25) is 9.59 Å². The van der Waals surface area contributed by atoms with E-state index >= 15 is 0 Å². The highest BCUT2D eigenvalue weighted by atomic mass is 19.1. The first-order valence-electron chi connectivity index (χ1n) is 12.1. The Morgan fingerprint density at radius 1 is 0.784 bits per heavy atom. The van der Waals surface area contributed by atoms with Gasteiger partial charge in [0.25, 0.3) is 0 Å². The molecule has 37 heavy (non-hydrogen) atoms. The average molecular weight is 498 g/mol. The summed E-state index contributed by atoms with van der Waals surface area (Å²) >= 11 is 0. The van der Waals surface area contributed by atoms with Crippen molar-refractivity contribution in [3.63, 3.8) is 0 Å². The number of ketones is 1. The maximum Gasteiger partial charge on any atom is 0.233 e. The van der Waals surface area contributed by atoms with Gasteiger partial charge >= 0.3 is 0 Å². The van der Waals surface area contributed by atoms with Crippen molar-refractivity contribution in [1.82, 2.24) is 0 Å². The van der Waals surface area contributed by atoms with Crippen LogP contribution in [0.2, 0.25) is 0 Å². The zero-order valence-corrected chi connectivity index (χ0v) is 20.0. The topological polar surface area (TPSA) is 46.6 Å². The number of amides is 1. The van der Waals surface area contributed by atoms with Gasteiger partial charge in [0, 0.05) is 17.7 Å². The summed E-state index contributed by atoms with van der Waals surface area (Å²) in [5, 5.41) is 0. The van der Waals surface area contributed by atoms with Crippen molar-refractivity contribution in [3.8, 4) is 5.75 Å². The van der Waals surface area contributed by atoms with Crippen LogP contribution in [0.15, 0.2) is 103 Å². The van der Waals surface area contributed by atoms with Gasteiger partial charge < -0.3 is 9.64 Å². The number of β-lactam (4-membered cyclic amide) rings is 1. The van der Waals surface area contributed by atoms with Crippen molar-refractivity contribution in [2.24, 2.45) is 5.92 Å². The van der Waals surface area contributed by atoms with E-state index < -0.39 is 11.7 Å². The molecule has 1 saturated heterocycles. The van der Waals surface area contributed by atoms with E-state index in [0.717, 1.165) is 11.1 Å². The van der Waals surface area contributed by atoms with Crippen LogP contribution in [0.4, 0.5) is 14.5 Å². The van der Waals surface area contributed by atoms with E-state index in [1.54, 1.807) is 17.0 Å². The monoisotopic (exact) mass is 497 g/mol. The maximum atomic E-state index is 13.5. The lowest BCUT2D eigenvalue weighted by Gasteiger charge is -2.47. The molecule has 4 aromatic rings. The van der Waals surface area contributed by atoms with Gasteiger partial charge in [0.15, 0.2) is 5.78 Å². The highest BCUT2D eigenvalue weighted by Crippen LogP contribution is 2.46. The van der Waals surface area contributed by atoms with Crippen molar-refractivity contribution in [2.45, 2.75) is 25.5 Å². The molecule has 1 aliphatic heterocycles. The average Bonchev–Trinajstić information content (AvgIpc) is 2.93. The van der Waals surface area contributed by atoms with Crippen LogP contribution >= 0.6 is 0 Å². The van der Waals surface area contributed by atoms with Gasteiger partial charge in [-0.15, -0.1) is 0 Å². The van der Waals surface area contributed by atoms with Crippen LogP contribution in [0.3, 0.4) is 0 Å². The van der Waals surface area contributed by atoms with Crippen LogP contribution in [0.25, 0.3) is 0 Å². The van der Waals surface area contributed by atoms with Gasteiger partial charge in [0.2, 0.25) is 5.91 Å². The lowest BCUT2D eigenvalue weighted by atomic mass is 9.78. The summed E-state index contributed by atoms with van der Waals surface area (Å²) in [5.41, 5.74) is 2.97. The summed E-state index contributed by atoms with van der Waals surface area (Å²) in [6, 6.07) is 28.3. The lowest BCUT2D eigenvalue weighted by Crippen LogP contribution is -2.55. The van der Waals surface area contributed by atoms with Gasteiger partial charge in [-0.2, -0.15) is 0 Å². The Morgan fingerprint density at radius 3 is 2.05 bits per heavy atom. The van der Waals surface area contributed by atoms with Crippen LogP contribution in [0, 0.1) is 17.6 Å². The molecule has 0 radical (unpaired) electrons. The number of halogens is 2. The molecule has 4 nitrogen and oxygen atoms in total. The van der Waals surface area contributed by atoms with Gasteiger partial charge in [-0.1, -0.05) is 42.5 Å². The molecule has 2 atom stereocenters. The fraction of sp³-hybridized carbons (Fsp3) is 0.161. The molecule has 2 unspecified atom stereocenters. The molecule has 0 saturated carbocycles. The van der Waals surface area contributed by atoms with Gasteiger partial charge in [-0.25, -0.2) is 8.78 Å². The summed E-state index contributed by atoms with van der Waals surface area (Å²) in [6.07, 6.45) is 0.512. The second-order valence-electron chi connectivity index (χ2n) is 9.05. The van der Waals surface area contributed by atoms with Crippen molar-refractivity contribution >= 4 is 17.4 Å². The van der Waals surface area contributed by atoms with E-state index in [-0.39, 0.29) is 30.0 Å². The lowest BCUT2D eigenvalue weighted by molar-refractivity contribution is -0.130. The number of Topliss-reactive ketones (excluding diaryl/α,β-unsaturated/α-hetero) is 1. The molecule has 0 bridgehead atoms. The first-order valence-corrected chi connectivity index (χ1v) is 12.1. The van der Waals surface area contributed by atoms with Crippen molar-refractivity contribution in [2.75, 3.05) is 4.90 Å². The smallest absolute Gasteiger partial charge is 0.233 e. The number of carbonyl (C=O) groups is 2. The first kappa shape index (κ1) is 24.4. The van der Waals surface area contributed by atoms with E-state index in [1.807, 2.05) is 54.6 Å². The SMILES string of the molecule is O=C(CCC1C(=O)N(c2ccc(F)cc2)C1c1ccc(OCc2ccccc2)cc1)c1ccc(F)cc1. The molecule has 1 aliphatic rings. The normalized spacial score (nSPS) is 16.8. The van der Waals surface area contributed by atoms with Crippen LogP contribution in [0.5, 0.6) is 5.75 Å². The number of hydrogen-bond donors (Lipinski definition) is 0. The van der Waals surface area contributed by atoms with Crippen LogP contribution in [0.1, 0.15) is 40.4 Å². The first-order chi connectivity index (χ1) is 18.0. The number of benzene rings is 4. The molecule has 1 heterocycles. The molecule has 186 valence electrons. The minimum atomic E-state index is -0.412. The summed E-state index contributed by atoms with van der Waals surface area (Å²) in [4.78, 5) is 27.5. The number of anilines is 1. The van der Waals surface area contributed by atoms with Gasteiger partial charge in [-0.05, 0) is 78.2 Å². The number of nitrogens with zero attached hydrogens (tertiary/aromatic N) is 1. The third-order valence-electron chi connectivity index (χ3n) is 6.64. The summed E-state index contributed by atoms with van der Waals surface area (Å²) < 4.78 is 32.6. The Hall–Kier alpha value is -4.32. The molecule has 0 spiro atoms. The Kier molecular flexibility index (Phi) is 7.08. The van der Waals surface area contributed by atoms with Crippen molar-refractivity contribution in [1.29, 1.82) is 0 Å². The highest BCUT2D eigenvalue weighted by Gasteiger charge is 2.48. The van der Waals surface area contributed by atoms with Crippen molar-refractivity contribution in [3.05, 3.63) is 131 Å². The van der Waals surface area contributed by atoms with E-state index in [0.29, 0.717) is 30.0 Å². The zero-order valence-electron chi connectivity index (χ0n) is 20.0. The molecule has 1 fully saturated rings. The Labute approximate surface area is 214 Å². The largest absolute Gasteiger partial charge is 0.489 e. The molecule has 4 aromatic carbocycles. The molecule has 6 heteroatoms. The third kappa shape index (κ3) is 5.43. The fourth-order valence-corrected chi connectivity index (χ4v) is 4.67. The molecule has 1 amide bonds. The quantitative estimate of drug-likeness (QED) is 0.186.